The Balaban J connectivity index is 1.44. The number of amides is 1. The summed E-state index contributed by atoms with van der Waals surface area (Å²) in [7, 11) is 0. The minimum Gasteiger partial charge on any atom is -0.443 e. The Hall–Kier alpha value is -2.41. The van der Waals surface area contributed by atoms with Crippen molar-refractivity contribution in [2.75, 3.05) is 24.5 Å². The van der Waals surface area contributed by atoms with Crippen molar-refractivity contribution in [3.05, 3.63) is 40.0 Å². The van der Waals surface area contributed by atoms with Crippen LogP contribution in [0.3, 0.4) is 0 Å². The topological polar surface area (TPSA) is 71.3 Å². The molecule has 0 bridgehead atoms. The number of nitrogens with one attached hydrogen (secondary N) is 1. The average Bonchev–Trinajstić information content (AvgIpc) is 3.30. The molecule has 1 N–H and O–H groups in total. The number of thiophene rings is 1. The van der Waals surface area contributed by atoms with Crippen LogP contribution in [0.25, 0.3) is 11.1 Å². The van der Waals surface area contributed by atoms with Gasteiger partial charge in [-0.1, -0.05) is 6.07 Å². The highest BCUT2D eigenvalue weighted by molar-refractivity contribution is 7.09. The predicted molar refractivity (Wildman–Crippen MR) is 107 cm³/mol. The van der Waals surface area contributed by atoms with E-state index in [1.165, 1.54) is 4.88 Å². The predicted octanol–water partition coefficient (Wildman–Crippen LogP) is 3.48. The summed E-state index contributed by atoms with van der Waals surface area (Å²) < 4.78 is 5.74. The molecule has 0 unspecified atom stereocenters. The fourth-order valence-corrected chi connectivity index (χ4v) is 4.40. The van der Waals surface area contributed by atoms with Crippen LogP contribution in [0.5, 0.6) is 0 Å². The number of carbonyl (C=O) groups is 1. The van der Waals surface area contributed by atoms with Crippen molar-refractivity contribution < 1.29 is 9.21 Å². The van der Waals surface area contributed by atoms with E-state index in [1.54, 1.807) is 17.7 Å². The molecule has 0 radical (unpaired) electrons. The van der Waals surface area contributed by atoms with Gasteiger partial charge in [0.15, 0.2) is 0 Å². The Morgan fingerprint density at radius 2 is 2.30 bits per heavy atom. The quantitative estimate of drug-likeness (QED) is 0.729. The van der Waals surface area contributed by atoms with Crippen molar-refractivity contribution in [3.8, 4) is 0 Å². The average molecular weight is 385 g/mol. The van der Waals surface area contributed by atoms with E-state index in [9.17, 15) is 4.79 Å². The molecule has 27 heavy (non-hydrogen) atoms. The molecule has 3 aromatic heterocycles. The maximum atomic E-state index is 12.7. The highest BCUT2D eigenvalue weighted by Crippen LogP contribution is 2.32. The molecule has 0 aromatic carbocycles. The zero-order chi connectivity index (χ0) is 18.8. The molecular formula is C20H24N4O2S. The second-order valence-corrected chi connectivity index (χ2v) is 8.10. The molecule has 142 valence electrons. The first-order valence-electron chi connectivity index (χ1n) is 9.39. The second kappa shape index (κ2) is 7.68. The van der Waals surface area contributed by atoms with Crippen molar-refractivity contribution >= 4 is 34.2 Å². The molecule has 6 nitrogen and oxygen atoms in total. The number of nitrogens with zero attached hydrogens (tertiary/aromatic N) is 3. The molecule has 4 heterocycles. The van der Waals surface area contributed by atoms with Crippen molar-refractivity contribution in [1.82, 2.24) is 15.3 Å². The molecule has 7 heteroatoms. The highest BCUT2D eigenvalue weighted by atomic mass is 32.1. The van der Waals surface area contributed by atoms with Crippen LogP contribution in [0, 0.1) is 19.8 Å². The molecule has 0 saturated carbocycles. The summed E-state index contributed by atoms with van der Waals surface area (Å²) in [6.07, 6.45) is 4.33. The van der Waals surface area contributed by atoms with Gasteiger partial charge in [-0.05, 0) is 44.6 Å². The summed E-state index contributed by atoms with van der Waals surface area (Å²) >= 11 is 1.73. The SMILES string of the molecule is Cc1oc2ncnc(N3CCC[C@@H](C(=O)NCCc4cccs4)C3)c2c1C. The Labute approximate surface area is 162 Å². The number of rotatable bonds is 5. The van der Waals surface area contributed by atoms with E-state index >= 15 is 0 Å². The van der Waals surface area contributed by atoms with E-state index < -0.39 is 0 Å². The Bertz CT molecular complexity index is 935. The lowest BCUT2D eigenvalue weighted by atomic mass is 9.96. The van der Waals surface area contributed by atoms with E-state index in [0.717, 1.165) is 48.3 Å². The van der Waals surface area contributed by atoms with E-state index in [-0.39, 0.29) is 11.8 Å². The third kappa shape index (κ3) is 3.69. The van der Waals surface area contributed by atoms with Gasteiger partial charge in [0.2, 0.25) is 11.6 Å². The summed E-state index contributed by atoms with van der Waals surface area (Å²) in [5, 5.41) is 6.14. The van der Waals surface area contributed by atoms with Crippen LogP contribution < -0.4 is 10.2 Å². The Morgan fingerprint density at radius 3 is 3.11 bits per heavy atom. The van der Waals surface area contributed by atoms with Gasteiger partial charge < -0.3 is 14.6 Å². The van der Waals surface area contributed by atoms with Gasteiger partial charge in [0, 0.05) is 30.1 Å². The van der Waals surface area contributed by atoms with Crippen molar-refractivity contribution in [3.63, 3.8) is 0 Å². The molecule has 3 aromatic rings. The van der Waals surface area contributed by atoms with Gasteiger partial charge in [-0.25, -0.2) is 9.97 Å². The van der Waals surface area contributed by atoms with E-state index in [2.05, 4.69) is 31.6 Å². The van der Waals surface area contributed by atoms with Gasteiger partial charge in [0.05, 0.1) is 11.3 Å². The fraction of sp³-hybridized carbons (Fsp3) is 0.450. The molecule has 0 aliphatic carbocycles. The highest BCUT2D eigenvalue weighted by Gasteiger charge is 2.28. The largest absolute Gasteiger partial charge is 0.443 e. The van der Waals surface area contributed by atoms with Gasteiger partial charge in [0.25, 0.3) is 0 Å². The smallest absolute Gasteiger partial charge is 0.231 e. The van der Waals surface area contributed by atoms with Crippen LogP contribution in [0.2, 0.25) is 0 Å². The number of hydrogen-bond acceptors (Lipinski definition) is 6. The minimum absolute atomic E-state index is 0.0135. The van der Waals surface area contributed by atoms with Crippen LogP contribution >= 0.6 is 11.3 Å². The number of furan rings is 1. The Kier molecular flexibility index (Phi) is 5.11. The van der Waals surface area contributed by atoms with Crippen molar-refractivity contribution in [1.29, 1.82) is 0 Å². The third-order valence-corrected chi connectivity index (χ3v) is 6.22. The summed E-state index contributed by atoms with van der Waals surface area (Å²) in [6.45, 7) is 6.25. The van der Waals surface area contributed by atoms with Gasteiger partial charge in [-0.15, -0.1) is 11.3 Å². The maximum absolute atomic E-state index is 12.7. The standard InChI is InChI=1S/C20H24N4O2S/c1-13-14(2)26-20-17(13)18(22-12-23-20)24-9-3-5-15(11-24)19(25)21-8-7-16-6-4-10-27-16/h4,6,10,12,15H,3,5,7-9,11H2,1-2H3,(H,21,25)/t15-/m1/s1. The normalized spacial score (nSPS) is 17.4. The summed E-state index contributed by atoms with van der Waals surface area (Å²) in [5.41, 5.74) is 1.70. The minimum atomic E-state index is -0.0135. The number of anilines is 1. The maximum Gasteiger partial charge on any atom is 0.231 e. The van der Waals surface area contributed by atoms with Gasteiger partial charge in [0.1, 0.15) is 17.9 Å². The molecule has 1 fully saturated rings. The zero-order valence-electron chi connectivity index (χ0n) is 15.7. The van der Waals surface area contributed by atoms with Crippen LogP contribution in [-0.4, -0.2) is 35.5 Å². The third-order valence-electron chi connectivity index (χ3n) is 5.29. The molecular weight excluding hydrogens is 360 g/mol. The van der Waals surface area contributed by atoms with E-state index in [0.29, 0.717) is 18.8 Å². The molecule has 1 saturated heterocycles. The van der Waals surface area contributed by atoms with E-state index in [4.69, 9.17) is 4.42 Å². The number of aromatic nitrogens is 2. The first-order chi connectivity index (χ1) is 13.1. The van der Waals surface area contributed by atoms with Gasteiger partial charge in [-0.2, -0.15) is 0 Å². The van der Waals surface area contributed by atoms with Crippen molar-refractivity contribution in [2.24, 2.45) is 5.92 Å². The lowest BCUT2D eigenvalue weighted by molar-refractivity contribution is -0.125. The second-order valence-electron chi connectivity index (χ2n) is 7.07. The van der Waals surface area contributed by atoms with Crippen LogP contribution in [-0.2, 0) is 11.2 Å². The number of fused-ring (bicyclic) bond motifs is 1. The molecule has 1 aliphatic heterocycles. The zero-order valence-corrected chi connectivity index (χ0v) is 16.5. The number of aryl methyl sites for hydroxylation is 2. The molecule has 1 aliphatic rings. The molecule has 4 rings (SSSR count). The number of carbonyl (C=O) groups excluding carboxylic acids is 1. The summed E-state index contributed by atoms with van der Waals surface area (Å²) in [4.78, 5) is 24.9. The van der Waals surface area contributed by atoms with Gasteiger partial charge in [-0.3, -0.25) is 4.79 Å². The molecule has 1 atom stereocenters. The number of hydrogen-bond donors (Lipinski definition) is 1. The lowest BCUT2D eigenvalue weighted by Crippen LogP contribution is -2.43. The van der Waals surface area contributed by atoms with Gasteiger partial charge >= 0.3 is 0 Å². The Morgan fingerprint density at radius 1 is 1.41 bits per heavy atom. The first-order valence-corrected chi connectivity index (χ1v) is 10.3. The summed E-state index contributed by atoms with van der Waals surface area (Å²) in [5.74, 6) is 1.87. The lowest BCUT2D eigenvalue weighted by Gasteiger charge is -2.33. The van der Waals surface area contributed by atoms with Crippen LogP contribution in [0.4, 0.5) is 5.82 Å². The van der Waals surface area contributed by atoms with E-state index in [1.807, 2.05) is 19.9 Å². The van der Waals surface area contributed by atoms with Crippen LogP contribution in [0.15, 0.2) is 28.3 Å². The summed E-state index contributed by atoms with van der Waals surface area (Å²) in [6, 6.07) is 4.15. The molecule has 0 spiro atoms. The number of piperidine rings is 1. The molecule has 1 amide bonds. The first kappa shape index (κ1) is 18.0. The van der Waals surface area contributed by atoms with Crippen LogP contribution in [0.1, 0.15) is 29.0 Å². The van der Waals surface area contributed by atoms with Crippen molar-refractivity contribution in [2.45, 2.75) is 33.1 Å². The monoisotopic (exact) mass is 384 g/mol. The fourth-order valence-electron chi connectivity index (χ4n) is 3.70.